The summed E-state index contributed by atoms with van der Waals surface area (Å²) in [6.45, 7) is 3.73. The highest BCUT2D eigenvalue weighted by atomic mass is 35.5. The van der Waals surface area contributed by atoms with Crippen molar-refractivity contribution >= 4 is 39.9 Å². The van der Waals surface area contributed by atoms with Crippen LogP contribution in [0.5, 0.6) is 0 Å². The standard InChI is InChI=1S/C22H17Cl2N3O2/c1-13-8-17(14(2)27(13)16-6-4-3-5-7-16)20(28)11-26-12-25-21-18(22(26)29)9-15(23)10-19(21)24/h3-10,12H,11H2,1-2H3. The molecule has 146 valence electrons. The van der Waals surface area contributed by atoms with Crippen molar-refractivity contribution in [2.45, 2.75) is 20.4 Å². The molecular formula is C22H17Cl2N3O2. The molecule has 0 spiro atoms. The summed E-state index contributed by atoms with van der Waals surface area (Å²) in [5.41, 5.74) is 3.33. The van der Waals surface area contributed by atoms with Gasteiger partial charge in [-0.05, 0) is 44.2 Å². The average Bonchev–Trinajstić information content (AvgIpc) is 2.99. The lowest BCUT2D eigenvalue weighted by molar-refractivity contribution is 0.0970. The fourth-order valence-corrected chi connectivity index (χ4v) is 4.11. The first-order chi connectivity index (χ1) is 13.9. The van der Waals surface area contributed by atoms with Crippen molar-refractivity contribution in [1.29, 1.82) is 0 Å². The van der Waals surface area contributed by atoms with Crippen molar-refractivity contribution in [2.75, 3.05) is 0 Å². The van der Waals surface area contributed by atoms with Crippen LogP contribution in [0.1, 0.15) is 21.7 Å². The largest absolute Gasteiger partial charge is 0.318 e. The number of hydrogen-bond acceptors (Lipinski definition) is 3. The molecule has 0 aliphatic heterocycles. The molecule has 0 atom stereocenters. The number of halogens is 2. The first kappa shape index (κ1) is 19.4. The molecule has 0 N–H and O–H groups in total. The Hall–Kier alpha value is -2.89. The van der Waals surface area contributed by atoms with Crippen LogP contribution in [0.3, 0.4) is 0 Å². The highest BCUT2D eigenvalue weighted by Crippen LogP contribution is 2.24. The summed E-state index contributed by atoms with van der Waals surface area (Å²) in [6, 6.07) is 14.7. The minimum absolute atomic E-state index is 0.120. The summed E-state index contributed by atoms with van der Waals surface area (Å²) in [7, 11) is 0. The molecule has 0 amide bonds. The lowest BCUT2D eigenvalue weighted by Crippen LogP contribution is -2.25. The molecule has 0 saturated heterocycles. The Balaban J connectivity index is 1.73. The maximum Gasteiger partial charge on any atom is 0.261 e. The molecule has 5 nitrogen and oxygen atoms in total. The second-order valence-electron chi connectivity index (χ2n) is 6.84. The van der Waals surface area contributed by atoms with Crippen molar-refractivity contribution in [1.82, 2.24) is 14.1 Å². The number of fused-ring (bicyclic) bond motifs is 1. The fraction of sp³-hybridized carbons (Fsp3) is 0.136. The van der Waals surface area contributed by atoms with Crippen LogP contribution in [0.4, 0.5) is 0 Å². The van der Waals surface area contributed by atoms with Gasteiger partial charge in [-0.15, -0.1) is 0 Å². The van der Waals surface area contributed by atoms with E-state index in [-0.39, 0.29) is 23.3 Å². The van der Waals surface area contributed by atoms with Crippen LogP contribution in [-0.2, 0) is 6.54 Å². The number of rotatable bonds is 4. The number of carbonyl (C=O) groups excluding carboxylic acids is 1. The number of aromatic nitrogens is 3. The normalized spacial score (nSPS) is 11.2. The molecule has 0 unspecified atom stereocenters. The molecule has 0 radical (unpaired) electrons. The molecule has 0 aliphatic rings. The molecule has 0 fully saturated rings. The van der Waals surface area contributed by atoms with Crippen LogP contribution >= 0.6 is 23.2 Å². The minimum atomic E-state index is -0.357. The van der Waals surface area contributed by atoms with E-state index in [9.17, 15) is 9.59 Å². The van der Waals surface area contributed by atoms with E-state index in [1.807, 2.05) is 54.8 Å². The fourth-order valence-electron chi connectivity index (χ4n) is 3.57. The summed E-state index contributed by atoms with van der Waals surface area (Å²) in [5, 5.41) is 0.930. The van der Waals surface area contributed by atoms with Gasteiger partial charge in [0.15, 0.2) is 5.78 Å². The predicted octanol–water partition coefficient (Wildman–Crippen LogP) is 4.99. The highest BCUT2D eigenvalue weighted by molar-refractivity contribution is 6.38. The number of hydrogen-bond donors (Lipinski definition) is 0. The van der Waals surface area contributed by atoms with Gasteiger partial charge in [0.2, 0.25) is 0 Å². The minimum Gasteiger partial charge on any atom is -0.318 e. The SMILES string of the molecule is Cc1cc(C(=O)Cn2cnc3c(Cl)cc(Cl)cc3c2=O)c(C)n1-c1ccccc1. The zero-order valence-electron chi connectivity index (χ0n) is 15.8. The number of benzene rings is 2. The van der Waals surface area contributed by atoms with Crippen molar-refractivity contribution < 1.29 is 4.79 Å². The Bertz CT molecular complexity index is 1310. The Kier molecular flexibility index (Phi) is 5.03. The number of ketones is 1. The van der Waals surface area contributed by atoms with Crippen molar-refractivity contribution in [3.8, 4) is 5.69 Å². The third-order valence-corrected chi connectivity index (χ3v) is 5.41. The van der Waals surface area contributed by atoms with Gasteiger partial charge in [0.1, 0.15) is 0 Å². The van der Waals surface area contributed by atoms with Gasteiger partial charge in [-0.25, -0.2) is 4.98 Å². The zero-order chi connectivity index (χ0) is 20.7. The molecule has 0 saturated carbocycles. The van der Waals surface area contributed by atoms with Gasteiger partial charge in [-0.2, -0.15) is 0 Å². The topological polar surface area (TPSA) is 56.9 Å². The first-order valence-corrected chi connectivity index (χ1v) is 9.74. The molecule has 4 rings (SSSR count). The van der Waals surface area contributed by atoms with E-state index >= 15 is 0 Å². The van der Waals surface area contributed by atoms with Gasteiger partial charge < -0.3 is 4.57 Å². The number of para-hydroxylation sites is 1. The second-order valence-corrected chi connectivity index (χ2v) is 7.68. The van der Waals surface area contributed by atoms with Gasteiger partial charge in [0.25, 0.3) is 5.56 Å². The Morgan fingerprint density at radius 1 is 1.07 bits per heavy atom. The average molecular weight is 426 g/mol. The van der Waals surface area contributed by atoms with Crippen molar-refractivity contribution in [2.24, 2.45) is 0 Å². The smallest absolute Gasteiger partial charge is 0.261 e. The number of nitrogens with zero attached hydrogens (tertiary/aromatic N) is 3. The molecule has 7 heteroatoms. The van der Waals surface area contributed by atoms with Crippen LogP contribution in [0, 0.1) is 13.8 Å². The Morgan fingerprint density at radius 3 is 2.52 bits per heavy atom. The molecule has 0 bridgehead atoms. The summed E-state index contributed by atoms with van der Waals surface area (Å²) >= 11 is 12.1. The molecule has 2 heterocycles. The Morgan fingerprint density at radius 2 is 1.79 bits per heavy atom. The van der Waals surface area contributed by atoms with E-state index in [0.29, 0.717) is 21.1 Å². The van der Waals surface area contributed by atoms with Gasteiger partial charge >= 0.3 is 0 Å². The van der Waals surface area contributed by atoms with Gasteiger partial charge in [0, 0.05) is 27.7 Å². The number of Topliss-reactive ketones (excluding diaryl/α,β-unsaturated/α-hetero) is 1. The van der Waals surface area contributed by atoms with Crippen molar-refractivity contribution in [3.05, 3.63) is 92.2 Å². The summed E-state index contributed by atoms with van der Waals surface area (Å²) in [6.07, 6.45) is 1.35. The van der Waals surface area contributed by atoms with E-state index in [1.54, 1.807) is 0 Å². The second kappa shape index (κ2) is 7.50. The third-order valence-electron chi connectivity index (χ3n) is 4.91. The van der Waals surface area contributed by atoms with Crippen LogP contribution < -0.4 is 5.56 Å². The van der Waals surface area contributed by atoms with Crippen LogP contribution in [0.2, 0.25) is 10.0 Å². The summed E-state index contributed by atoms with van der Waals surface area (Å²) in [4.78, 5) is 30.1. The maximum absolute atomic E-state index is 13.0. The molecule has 2 aromatic carbocycles. The van der Waals surface area contributed by atoms with E-state index < -0.39 is 0 Å². The van der Waals surface area contributed by atoms with Gasteiger partial charge in [-0.1, -0.05) is 41.4 Å². The molecule has 4 aromatic rings. The number of aryl methyl sites for hydroxylation is 1. The van der Waals surface area contributed by atoms with E-state index in [2.05, 4.69) is 4.98 Å². The van der Waals surface area contributed by atoms with E-state index in [0.717, 1.165) is 17.1 Å². The van der Waals surface area contributed by atoms with E-state index in [4.69, 9.17) is 23.2 Å². The molecular weight excluding hydrogens is 409 g/mol. The quantitative estimate of drug-likeness (QED) is 0.432. The zero-order valence-corrected chi connectivity index (χ0v) is 17.3. The summed E-state index contributed by atoms with van der Waals surface area (Å²) < 4.78 is 3.31. The summed E-state index contributed by atoms with van der Waals surface area (Å²) in [5.74, 6) is -0.170. The van der Waals surface area contributed by atoms with Crippen LogP contribution in [0.25, 0.3) is 16.6 Å². The Labute approximate surface area is 177 Å². The predicted molar refractivity (Wildman–Crippen MR) is 116 cm³/mol. The molecule has 2 aromatic heterocycles. The van der Waals surface area contributed by atoms with Gasteiger partial charge in [-0.3, -0.25) is 14.2 Å². The monoisotopic (exact) mass is 425 g/mol. The van der Waals surface area contributed by atoms with Gasteiger partial charge in [0.05, 0.1) is 28.8 Å². The first-order valence-electron chi connectivity index (χ1n) is 8.98. The lowest BCUT2D eigenvalue weighted by atomic mass is 10.1. The van der Waals surface area contributed by atoms with Crippen molar-refractivity contribution in [3.63, 3.8) is 0 Å². The third kappa shape index (κ3) is 3.48. The van der Waals surface area contributed by atoms with Crippen LogP contribution in [0.15, 0.2) is 59.7 Å². The van der Waals surface area contributed by atoms with Crippen LogP contribution in [-0.4, -0.2) is 19.9 Å². The molecule has 29 heavy (non-hydrogen) atoms. The maximum atomic E-state index is 13.0. The molecule has 0 aliphatic carbocycles. The van der Waals surface area contributed by atoms with E-state index in [1.165, 1.54) is 23.0 Å². The lowest BCUT2D eigenvalue weighted by Gasteiger charge is -2.10. The highest BCUT2D eigenvalue weighted by Gasteiger charge is 2.18. The number of carbonyl (C=O) groups is 1.